The van der Waals surface area contributed by atoms with Crippen molar-refractivity contribution in [2.24, 2.45) is 7.05 Å². The SMILES string of the molecule is COC(=O)CCN1CCN(C(=O)c2ccnn2C)CC1. The minimum Gasteiger partial charge on any atom is -0.469 e. The van der Waals surface area contributed by atoms with Crippen LogP contribution >= 0.6 is 0 Å². The summed E-state index contributed by atoms with van der Waals surface area (Å²) in [5, 5.41) is 4.01. The standard InChI is InChI=1S/C13H20N4O3/c1-15-11(3-5-14-15)13(19)17-9-7-16(8-10-17)6-4-12(18)20-2/h3,5H,4,6-10H2,1-2H3. The maximum absolute atomic E-state index is 12.3. The molecule has 0 bridgehead atoms. The maximum atomic E-state index is 12.3. The molecule has 1 amide bonds. The smallest absolute Gasteiger partial charge is 0.306 e. The third kappa shape index (κ3) is 3.36. The Bertz CT molecular complexity index is 478. The van der Waals surface area contributed by atoms with Gasteiger partial charge in [0.15, 0.2) is 0 Å². The van der Waals surface area contributed by atoms with Crippen molar-refractivity contribution < 1.29 is 14.3 Å². The van der Waals surface area contributed by atoms with Crippen LogP contribution in [0, 0.1) is 0 Å². The number of aromatic nitrogens is 2. The minimum absolute atomic E-state index is 0.0117. The second-order valence-electron chi connectivity index (χ2n) is 4.80. The van der Waals surface area contributed by atoms with E-state index in [2.05, 4.69) is 14.7 Å². The third-order valence-corrected chi connectivity index (χ3v) is 3.56. The molecule has 0 unspecified atom stereocenters. The quantitative estimate of drug-likeness (QED) is 0.711. The number of piperazine rings is 1. The van der Waals surface area contributed by atoms with Crippen molar-refractivity contribution in [2.45, 2.75) is 6.42 Å². The van der Waals surface area contributed by atoms with E-state index in [-0.39, 0.29) is 11.9 Å². The first-order chi connectivity index (χ1) is 9.61. The topological polar surface area (TPSA) is 67.7 Å². The predicted octanol–water partition coefficient (Wildman–Crippen LogP) is -0.259. The van der Waals surface area contributed by atoms with Crippen molar-refractivity contribution in [3.05, 3.63) is 18.0 Å². The molecule has 0 saturated carbocycles. The van der Waals surface area contributed by atoms with Gasteiger partial charge in [0.05, 0.1) is 13.5 Å². The van der Waals surface area contributed by atoms with Gasteiger partial charge in [0.2, 0.25) is 0 Å². The van der Waals surface area contributed by atoms with Gasteiger partial charge in [0, 0.05) is 46.0 Å². The molecule has 1 saturated heterocycles. The first-order valence-corrected chi connectivity index (χ1v) is 6.68. The molecule has 7 heteroatoms. The molecule has 0 aliphatic carbocycles. The highest BCUT2D eigenvalue weighted by atomic mass is 16.5. The Balaban J connectivity index is 1.81. The largest absolute Gasteiger partial charge is 0.469 e. The van der Waals surface area contributed by atoms with Gasteiger partial charge in [0.25, 0.3) is 5.91 Å². The molecule has 0 N–H and O–H groups in total. The number of hydrogen-bond acceptors (Lipinski definition) is 5. The molecule has 1 fully saturated rings. The summed E-state index contributed by atoms with van der Waals surface area (Å²) >= 11 is 0. The van der Waals surface area contributed by atoms with Gasteiger partial charge in [-0.25, -0.2) is 0 Å². The van der Waals surface area contributed by atoms with Crippen molar-refractivity contribution in [2.75, 3.05) is 39.8 Å². The summed E-state index contributed by atoms with van der Waals surface area (Å²) in [6, 6.07) is 1.73. The highest BCUT2D eigenvalue weighted by Crippen LogP contribution is 2.08. The molecule has 7 nitrogen and oxygen atoms in total. The second-order valence-corrected chi connectivity index (χ2v) is 4.80. The number of amides is 1. The van der Waals surface area contributed by atoms with Gasteiger partial charge in [0.1, 0.15) is 5.69 Å². The Hall–Kier alpha value is -1.89. The third-order valence-electron chi connectivity index (χ3n) is 3.56. The monoisotopic (exact) mass is 280 g/mol. The molecule has 2 heterocycles. The van der Waals surface area contributed by atoms with Crippen molar-refractivity contribution in [3.8, 4) is 0 Å². The van der Waals surface area contributed by atoms with Crippen LogP contribution in [0.2, 0.25) is 0 Å². The molecule has 110 valence electrons. The van der Waals surface area contributed by atoms with E-state index in [1.165, 1.54) is 7.11 Å². The van der Waals surface area contributed by atoms with Crippen LogP contribution in [0.1, 0.15) is 16.9 Å². The number of carbonyl (C=O) groups is 2. The Kier molecular flexibility index (Phi) is 4.73. The van der Waals surface area contributed by atoms with Crippen molar-refractivity contribution in [3.63, 3.8) is 0 Å². The number of aryl methyl sites for hydroxylation is 1. The summed E-state index contributed by atoms with van der Waals surface area (Å²) in [7, 11) is 3.16. The van der Waals surface area contributed by atoms with Crippen molar-refractivity contribution in [1.82, 2.24) is 19.6 Å². The number of carbonyl (C=O) groups excluding carboxylic acids is 2. The number of methoxy groups -OCH3 is 1. The number of ether oxygens (including phenoxy) is 1. The van der Waals surface area contributed by atoms with Crippen LogP contribution in [0.15, 0.2) is 12.3 Å². The Morgan fingerprint density at radius 3 is 2.55 bits per heavy atom. The second kappa shape index (κ2) is 6.51. The number of esters is 1. The fourth-order valence-electron chi connectivity index (χ4n) is 2.27. The lowest BCUT2D eigenvalue weighted by Crippen LogP contribution is -2.49. The number of nitrogens with zero attached hydrogens (tertiary/aromatic N) is 4. The molecule has 1 aromatic rings. The van der Waals surface area contributed by atoms with Gasteiger partial charge in [-0.1, -0.05) is 0 Å². The molecule has 2 rings (SSSR count). The average Bonchev–Trinajstić information content (AvgIpc) is 2.90. The van der Waals surface area contributed by atoms with Crippen LogP contribution in [0.4, 0.5) is 0 Å². The highest BCUT2D eigenvalue weighted by Gasteiger charge is 2.23. The summed E-state index contributed by atoms with van der Waals surface area (Å²) in [5.41, 5.74) is 0.605. The van der Waals surface area contributed by atoms with E-state index in [1.54, 1.807) is 24.0 Å². The van der Waals surface area contributed by atoms with E-state index in [0.29, 0.717) is 31.7 Å². The van der Waals surface area contributed by atoms with Crippen LogP contribution in [0.5, 0.6) is 0 Å². The summed E-state index contributed by atoms with van der Waals surface area (Å²) in [6.45, 7) is 3.58. The molecule has 0 aromatic carbocycles. The highest BCUT2D eigenvalue weighted by molar-refractivity contribution is 5.92. The van der Waals surface area contributed by atoms with Gasteiger partial charge in [-0.2, -0.15) is 5.10 Å². The first kappa shape index (κ1) is 14.5. The van der Waals surface area contributed by atoms with Gasteiger partial charge < -0.3 is 9.64 Å². The van der Waals surface area contributed by atoms with Gasteiger partial charge in [-0.15, -0.1) is 0 Å². The van der Waals surface area contributed by atoms with Gasteiger partial charge in [-0.05, 0) is 6.07 Å². The van der Waals surface area contributed by atoms with Gasteiger partial charge >= 0.3 is 5.97 Å². The average molecular weight is 280 g/mol. The Morgan fingerprint density at radius 1 is 1.30 bits per heavy atom. The van der Waals surface area contributed by atoms with E-state index in [4.69, 9.17) is 0 Å². The zero-order chi connectivity index (χ0) is 14.5. The van der Waals surface area contributed by atoms with Crippen LogP contribution in [0.25, 0.3) is 0 Å². The van der Waals surface area contributed by atoms with Gasteiger partial charge in [-0.3, -0.25) is 19.2 Å². The van der Waals surface area contributed by atoms with E-state index >= 15 is 0 Å². The Labute approximate surface area is 118 Å². The fraction of sp³-hybridized carbons (Fsp3) is 0.615. The van der Waals surface area contributed by atoms with E-state index in [9.17, 15) is 9.59 Å². The molecule has 1 aliphatic heterocycles. The molecule has 0 spiro atoms. The minimum atomic E-state index is -0.196. The first-order valence-electron chi connectivity index (χ1n) is 6.68. The summed E-state index contributed by atoms with van der Waals surface area (Å²) in [4.78, 5) is 27.4. The van der Waals surface area contributed by atoms with E-state index in [0.717, 1.165) is 13.1 Å². The Morgan fingerprint density at radius 2 is 2.00 bits per heavy atom. The molecular weight excluding hydrogens is 260 g/mol. The maximum Gasteiger partial charge on any atom is 0.306 e. The summed E-state index contributed by atoms with van der Waals surface area (Å²) < 4.78 is 6.21. The van der Waals surface area contributed by atoms with Crippen molar-refractivity contribution in [1.29, 1.82) is 0 Å². The predicted molar refractivity (Wildman–Crippen MR) is 72.2 cm³/mol. The number of rotatable bonds is 4. The lowest BCUT2D eigenvalue weighted by molar-refractivity contribution is -0.141. The van der Waals surface area contributed by atoms with Crippen LogP contribution in [0.3, 0.4) is 0 Å². The van der Waals surface area contributed by atoms with Crippen LogP contribution in [-0.2, 0) is 16.6 Å². The summed E-state index contributed by atoms with van der Waals surface area (Å²) in [6.07, 6.45) is 2.02. The van der Waals surface area contributed by atoms with Crippen LogP contribution in [-0.4, -0.2) is 71.3 Å². The molecule has 1 aromatic heterocycles. The molecule has 20 heavy (non-hydrogen) atoms. The molecular formula is C13H20N4O3. The lowest BCUT2D eigenvalue weighted by Gasteiger charge is -2.34. The molecule has 0 radical (unpaired) electrons. The van der Waals surface area contributed by atoms with E-state index in [1.807, 2.05) is 4.90 Å². The van der Waals surface area contributed by atoms with E-state index < -0.39 is 0 Å². The van der Waals surface area contributed by atoms with Crippen LogP contribution < -0.4 is 0 Å². The normalized spacial score (nSPS) is 16.2. The fourth-order valence-corrected chi connectivity index (χ4v) is 2.27. The zero-order valence-electron chi connectivity index (χ0n) is 11.9. The number of hydrogen-bond donors (Lipinski definition) is 0. The van der Waals surface area contributed by atoms with Crippen molar-refractivity contribution >= 4 is 11.9 Å². The summed E-state index contributed by atoms with van der Waals surface area (Å²) in [5.74, 6) is -0.184. The lowest BCUT2D eigenvalue weighted by atomic mass is 10.2. The molecule has 1 aliphatic rings. The zero-order valence-corrected chi connectivity index (χ0v) is 11.9. The molecule has 0 atom stereocenters.